The van der Waals surface area contributed by atoms with Crippen LogP contribution in [0.5, 0.6) is 11.6 Å². The Bertz CT molecular complexity index is 838. The topological polar surface area (TPSA) is 63.2 Å². The van der Waals surface area contributed by atoms with Gasteiger partial charge in [0.05, 0.1) is 0 Å². The van der Waals surface area contributed by atoms with Crippen molar-refractivity contribution in [2.45, 2.75) is 19.4 Å². The Hall–Kier alpha value is -3.34. The number of hydrogen-bond acceptors (Lipinski definition) is 3. The molecule has 27 heavy (non-hydrogen) atoms. The largest absolute Gasteiger partial charge is 0.439 e. The Morgan fingerprint density at radius 1 is 0.889 bits per heavy atom. The van der Waals surface area contributed by atoms with Crippen molar-refractivity contribution in [3.05, 3.63) is 90.1 Å². The van der Waals surface area contributed by atoms with Crippen molar-refractivity contribution in [1.82, 2.24) is 15.6 Å². The third kappa shape index (κ3) is 6.47. The maximum Gasteiger partial charge on any atom is 0.315 e. The van der Waals surface area contributed by atoms with Crippen LogP contribution in [0.2, 0.25) is 0 Å². The van der Waals surface area contributed by atoms with Crippen LogP contribution in [-0.4, -0.2) is 17.6 Å². The van der Waals surface area contributed by atoms with Crippen LogP contribution in [-0.2, 0) is 13.0 Å². The fraction of sp³-hybridized carbons (Fsp3) is 0.182. The number of nitrogens with one attached hydrogen (secondary N) is 2. The van der Waals surface area contributed by atoms with E-state index >= 15 is 0 Å². The van der Waals surface area contributed by atoms with E-state index in [1.165, 1.54) is 5.56 Å². The van der Waals surface area contributed by atoms with Crippen LogP contribution in [0.1, 0.15) is 17.5 Å². The van der Waals surface area contributed by atoms with Crippen molar-refractivity contribution in [2.75, 3.05) is 6.54 Å². The molecule has 0 aliphatic rings. The normalized spacial score (nSPS) is 10.2. The molecule has 0 aliphatic carbocycles. The predicted octanol–water partition coefficient (Wildman–Crippen LogP) is 4.31. The second kappa shape index (κ2) is 9.97. The van der Waals surface area contributed by atoms with Gasteiger partial charge in [0, 0.05) is 25.4 Å². The third-order valence-corrected chi connectivity index (χ3v) is 3.98. The van der Waals surface area contributed by atoms with Gasteiger partial charge in [-0.05, 0) is 42.2 Å². The molecule has 0 saturated heterocycles. The summed E-state index contributed by atoms with van der Waals surface area (Å²) in [5.41, 5.74) is 2.24. The maximum atomic E-state index is 11.9. The number of ether oxygens (including phenoxy) is 1. The molecular weight excluding hydrogens is 338 g/mol. The minimum Gasteiger partial charge on any atom is -0.439 e. The number of aryl methyl sites for hydroxylation is 1. The minimum absolute atomic E-state index is 0.167. The van der Waals surface area contributed by atoms with Gasteiger partial charge in [-0.1, -0.05) is 48.5 Å². The lowest BCUT2D eigenvalue weighted by Crippen LogP contribution is -2.35. The highest BCUT2D eigenvalue weighted by Crippen LogP contribution is 2.19. The number of urea groups is 1. The molecule has 0 spiro atoms. The molecule has 1 aromatic heterocycles. The van der Waals surface area contributed by atoms with E-state index in [4.69, 9.17) is 4.74 Å². The molecular formula is C22H23N3O2. The Labute approximate surface area is 159 Å². The summed E-state index contributed by atoms with van der Waals surface area (Å²) in [4.78, 5) is 16.1. The fourth-order valence-electron chi connectivity index (χ4n) is 2.63. The standard InChI is InChI=1S/C22H23N3O2/c26-22(24-15-7-11-18-8-2-1-3-9-18)25-17-19-10-6-12-20(16-19)27-21-13-4-5-14-23-21/h1-6,8-10,12-14,16H,7,11,15,17H2,(H2,24,25,26). The molecule has 138 valence electrons. The molecule has 2 N–H and O–H groups in total. The van der Waals surface area contributed by atoms with Crippen LogP contribution in [0, 0.1) is 0 Å². The van der Waals surface area contributed by atoms with Gasteiger partial charge in [-0.3, -0.25) is 0 Å². The van der Waals surface area contributed by atoms with Crippen LogP contribution in [0.4, 0.5) is 4.79 Å². The zero-order valence-corrected chi connectivity index (χ0v) is 15.1. The summed E-state index contributed by atoms with van der Waals surface area (Å²) in [5, 5.41) is 5.75. The average molecular weight is 361 g/mol. The Morgan fingerprint density at radius 3 is 2.52 bits per heavy atom. The molecule has 1 heterocycles. The van der Waals surface area contributed by atoms with Gasteiger partial charge in [-0.2, -0.15) is 0 Å². The zero-order chi connectivity index (χ0) is 18.7. The van der Waals surface area contributed by atoms with Gasteiger partial charge < -0.3 is 15.4 Å². The highest BCUT2D eigenvalue weighted by molar-refractivity contribution is 5.73. The summed E-state index contributed by atoms with van der Waals surface area (Å²) < 4.78 is 5.71. The quantitative estimate of drug-likeness (QED) is 0.588. The number of amides is 2. The van der Waals surface area contributed by atoms with Crippen molar-refractivity contribution < 1.29 is 9.53 Å². The summed E-state index contributed by atoms with van der Waals surface area (Å²) in [7, 11) is 0. The van der Waals surface area contributed by atoms with Crippen LogP contribution >= 0.6 is 0 Å². The zero-order valence-electron chi connectivity index (χ0n) is 15.1. The van der Waals surface area contributed by atoms with E-state index in [2.05, 4.69) is 27.8 Å². The summed E-state index contributed by atoms with van der Waals surface area (Å²) in [5.74, 6) is 1.23. The first-order chi connectivity index (χ1) is 13.3. The molecule has 2 amide bonds. The molecule has 5 heteroatoms. The lowest BCUT2D eigenvalue weighted by Gasteiger charge is -2.09. The second-order valence-corrected chi connectivity index (χ2v) is 6.12. The van der Waals surface area contributed by atoms with Crippen molar-refractivity contribution in [3.63, 3.8) is 0 Å². The molecule has 3 rings (SSSR count). The number of pyridine rings is 1. The van der Waals surface area contributed by atoms with Gasteiger partial charge in [0.1, 0.15) is 5.75 Å². The van der Waals surface area contributed by atoms with Gasteiger partial charge in [0.25, 0.3) is 0 Å². The van der Waals surface area contributed by atoms with E-state index in [0.717, 1.165) is 18.4 Å². The van der Waals surface area contributed by atoms with Gasteiger partial charge in [0.2, 0.25) is 5.88 Å². The minimum atomic E-state index is -0.167. The molecule has 0 unspecified atom stereocenters. The second-order valence-electron chi connectivity index (χ2n) is 6.12. The van der Waals surface area contributed by atoms with Gasteiger partial charge in [-0.25, -0.2) is 9.78 Å². The lowest BCUT2D eigenvalue weighted by molar-refractivity contribution is 0.240. The number of aromatic nitrogens is 1. The first kappa shape index (κ1) is 18.5. The summed E-state index contributed by atoms with van der Waals surface area (Å²) in [6.07, 6.45) is 3.54. The number of carbonyl (C=O) groups excluding carboxylic acids is 1. The molecule has 2 aromatic carbocycles. The van der Waals surface area contributed by atoms with Crippen molar-refractivity contribution in [3.8, 4) is 11.6 Å². The van der Waals surface area contributed by atoms with Crippen molar-refractivity contribution in [1.29, 1.82) is 0 Å². The SMILES string of the molecule is O=C(NCCCc1ccccc1)NCc1cccc(Oc2ccccn2)c1. The molecule has 0 bridgehead atoms. The van der Waals surface area contributed by atoms with E-state index in [1.807, 2.05) is 54.6 Å². The van der Waals surface area contributed by atoms with Gasteiger partial charge in [-0.15, -0.1) is 0 Å². The van der Waals surface area contributed by atoms with Crippen LogP contribution < -0.4 is 15.4 Å². The van der Waals surface area contributed by atoms with E-state index in [9.17, 15) is 4.79 Å². The first-order valence-electron chi connectivity index (χ1n) is 9.03. The Kier molecular flexibility index (Phi) is 6.81. The maximum absolute atomic E-state index is 11.9. The summed E-state index contributed by atoms with van der Waals surface area (Å²) in [6.45, 7) is 1.08. The van der Waals surface area contributed by atoms with Crippen molar-refractivity contribution >= 4 is 6.03 Å². The Balaban J connectivity index is 1.39. The van der Waals surface area contributed by atoms with Crippen molar-refractivity contribution in [2.24, 2.45) is 0 Å². The molecule has 0 radical (unpaired) electrons. The fourth-order valence-corrected chi connectivity index (χ4v) is 2.63. The van der Waals surface area contributed by atoms with E-state index in [-0.39, 0.29) is 6.03 Å². The number of nitrogens with zero attached hydrogens (tertiary/aromatic N) is 1. The molecule has 0 saturated carbocycles. The lowest BCUT2D eigenvalue weighted by atomic mass is 10.1. The van der Waals surface area contributed by atoms with Crippen LogP contribution in [0.25, 0.3) is 0 Å². The van der Waals surface area contributed by atoms with E-state index < -0.39 is 0 Å². The number of rotatable bonds is 8. The average Bonchev–Trinajstić information content (AvgIpc) is 2.71. The first-order valence-corrected chi connectivity index (χ1v) is 9.03. The van der Waals surface area contributed by atoms with Gasteiger partial charge in [0.15, 0.2) is 0 Å². The molecule has 5 nitrogen and oxygen atoms in total. The van der Waals surface area contributed by atoms with Gasteiger partial charge >= 0.3 is 6.03 Å². The summed E-state index contributed by atoms with van der Waals surface area (Å²) >= 11 is 0. The molecule has 3 aromatic rings. The predicted molar refractivity (Wildman–Crippen MR) is 106 cm³/mol. The number of benzene rings is 2. The molecule has 0 aliphatic heterocycles. The Morgan fingerprint density at radius 2 is 1.70 bits per heavy atom. The number of hydrogen-bond donors (Lipinski definition) is 2. The van der Waals surface area contributed by atoms with E-state index in [1.54, 1.807) is 12.3 Å². The molecule has 0 fully saturated rings. The highest BCUT2D eigenvalue weighted by Gasteiger charge is 2.03. The number of carbonyl (C=O) groups is 1. The highest BCUT2D eigenvalue weighted by atomic mass is 16.5. The van der Waals surface area contributed by atoms with Crippen LogP contribution in [0.3, 0.4) is 0 Å². The molecule has 0 atom stereocenters. The van der Waals surface area contributed by atoms with E-state index in [0.29, 0.717) is 24.7 Å². The summed E-state index contributed by atoms with van der Waals surface area (Å²) in [6, 6.07) is 23.2. The smallest absolute Gasteiger partial charge is 0.315 e. The van der Waals surface area contributed by atoms with Crippen LogP contribution in [0.15, 0.2) is 79.0 Å². The third-order valence-electron chi connectivity index (χ3n) is 3.98. The monoisotopic (exact) mass is 361 g/mol.